The Hall–Kier alpha value is -3.36. The number of Topliss-reactive ketones (excluding diaryl/α,β-unsaturated/α-hetero) is 1. The van der Waals surface area contributed by atoms with Crippen molar-refractivity contribution in [3.63, 3.8) is 0 Å². The second-order valence-corrected chi connectivity index (χ2v) is 8.01. The van der Waals surface area contributed by atoms with Crippen LogP contribution in [0.5, 0.6) is 5.75 Å². The molecule has 0 atom stereocenters. The minimum atomic E-state index is -0.580. The molecule has 4 rings (SSSR count). The van der Waals surface area contributed by atoms with Crippen LogP contribution in [0.4, 0.5) is 0 Å². The summed E-state index contributed by atoms with van der Waals surface area (Å²) in [7, 11) is 0. The summed E-state index contributed by atoms with van der Waals surface area (Å²) in [6.07, 6.45) is 1.58. The molecule has 0 unspecified atom stereocenters. The van der Waals surface area contributed by atoms with Crippen LogP contribution in [0.25, 0.3) is 10.9 Å². The number of fused-ring (bicyclic) bond motifs is 1. The van der Waals surface area contributed by atoms with Crippen molar-refractivity contribution in [1.29, 1.82) is 0 Å². The summed E-state index contributed by atoms with van der Waals surface area (Å²) < 4.78 is 12.5. The van der Waals surface area contributed by atoms with Crippen LogP contribution in [0.2, 0.25) is 5.02 Å². The second kappa shape index (κ2) is 10.5. The zero-order valence-electron chi connectivity index (χ0n) is 18.0. The first-order valence-corrected chi connectivity index (χ1v) is 11.0. The van der Waals surface area contributed by atoms with E-state index in [2.05, 4.69) is 5.32 Å². The monoisotopic (exact) mass is 469 g/mol. The number of hydrogen-bond acceptors (Lipinski definition) is 5. The summed E-state index contributed by atoms with van der Waals surface area (Å²) >= 11 is 5.85. The number of hydrogen-bond donors (Lipinski definition) is 1. The first-order valence-electron chi connectivity index (χ1n) is 10.7. The third-order valence-corrected chi connectivity index (χ3v) is 5.60. The van der Waals surface area contributed by atoms with E-state index in [1.54, 1.807) is 47.2 Å². The molecule has 2 aromatic carbocycles. The van der Waals surface area contributed by atoms with E-state index < -0.39 is 11.7 Å². The summed E-state index contributed by atoms with van der Waals surface area (Å²) in [4.78, 5) is 39.6. The summed E-state index contributed by atoms with van der Waals surface area (Å²) in [6, 6.07) is 14.2. The van der Waals surface area contributed by atoms with Crippen molar-refractivity contribution in [2.45, 2.75) is 6.54 Å². The second-order valence-electron chi connectivity index (χ2n) is 7.57. The van der Waals surface area contributed by atoms with Crippen LogP contribution in [-0.4, -0.2) is 66.5 Å². The third kappa shape index (κ3) is 5.53. The Morgan fingerprint density at radius 2 is 1.76 bits per heavy atom. The van der Waals surface area contributed by atoms with Crippen molar-refractivity contribution < 1.29 is 23.9 Å². The van der Waals surface area contributed by atoms with Crippen molar-refractivity contribution in [2.24, 2.45) is 0 Å². The number of carbonyl (C=O) groups excluding carboxylic acids is 3. The van der Waals surface area contributed by atoms with E-state index in [-0.39, 0.29) is 12.5 Å². The molecule has 1 fully saturated rings. The van der Waals surface area contributed by atoms with Crippen molar-refractivity contribution in [1.82, 2.24) is 14.8 Å². The molecule has 1 aromatic heterocycles. The summed E-state index contributed by atoms with van der Waals surface area (Å²) in [5.41, 5.74) is 1.00. The lowest BCUT2D eigenvalue weighted by Crippen LogP contribution is -2.44. The van der Waals surface area contributed by atoms with Gasteiger partial charge in [0.25, 0.3) is 11.7 Å². The molecule has 9 heteroatoms. The van der Waals surface area contributed by atoms with Crippen LogP contribution in [0.1, 0.15) is 10.4 Å². The minimum Gasteiger partial charge on any atom is -0.492 e. The van der Waals surface area contributed by atoms with Gasteiger partial charge in [-0.15, -0.1) is 0 Å². The van der Waals surface area contributed by atoms with E-state index in [0.29, 0.717) is 66.7 Å². The topological polar surface area (TPSA) is 89.9 Å². The number of morpholine rings is 1. The van der Waals surface area contributed by atoms with E-state index in [9.17, 15) is 14.4 Å². The molecule has 1 N–H and O–H groups in total. The highest BCUT2D eigenvalue weighted by molar-refractivity contribution is 6.44. The molecule has 0 saturated carbocycles. The molecule has 3 aromatic rings. The number of halogens is 1. The molecule has 1 aliphatic heterocycles. The van der Waals surface area contributed by atoms with Gasteiger partial charge in [-0.05, 0) is 30.3 Å². The number of nitrogens with zero attached hydrogens (tertiary/aromatic N) is 2. The summed E-state index contributed by atoms with van der Waals surface area (Å²) in [5.74, 6) is -0.694. The third-order valence-electron chi connectivity index (χ3n) is 5.35. The maximum Gasteiger partial charge on any atom is 0.295 e. The van der Waals surface area contributed by atoms with E-state index in [4.69, 9.17) is 21.1 Å². The zero-order chi connectivity index (χ0) is 23.2. The quantitative estimate of drug-likeness (QED) is 0.311. The number of ketones is 1. The molecular formula is C24H24ClN3O5. The Morgan fingerprint density at radius 3 is 2.52 bits per heavy atom. The van der Waals surface area contributed by atoms with Gasteiger partial charge in [0.15, 0.2) is 0 Å². The fourth-order valence-electron chi connectivity index (χ4n) is 3.68. The van der Waals surface area contributed by atoms with Gasteiger partial charge < -0.3 is 24.3 Å². The number of aromatic nitrogens is 1. The predicted octanol–water partition coefficient (Wildman–Crippen LogP) is 2.53. The summed E-state index contributed by atoms with van der Waals surface area (Å²) in [6.45, 7) is 2.26. The number of benzene rings is 2. The van der Waals surface area contributed by atoms with Crippen LogP contribution in [-0.2, 0) is 20.9 Å². The average molecular weight is 470 g/mol. The van der Waals surface area contributed by atoms with E-state index in [1.165, 1.54) is 4.90 Å². The van der Waals surface area contributed by atoms with Crippen molar-refractivity contribution in [2.75, 3.05) is 39.5 Å². The molecule has 33 heavy (non-hydrogen) atoms. The molecule has 0 spiro atoms. The molecule has 2 heterocycles. The maximum absolute atomic E-state index is 13.0. The fourth-order valence-corrected chi connectivity index (χ4v) is 3.81. The SMILES string of the molecule is O=C(Cn1cc(C(=O)C(=O)N2CCOCC2)c2ccccc21)NCCOc1ccc(Cl)cc1. The Bertz CT molecular complexity index is 1150. The number of carbonyl (C=O) groups is 3. The van der Waals surface area contributed by atoms with Gasteiger partial charge in [-0.1, -0.05) is 29.8 Å². The maximum atomic E-state index is 13.0. The minimum absolute atomic E-state index is 0.0144. The Kier molecular flexibility index (Phi) is 7.26. The van der Waals surface area contributed by atoms with E-state index in [1.807, 2.05) is 12.1 Å². The fraction of sp³-hybridized carbons (Fsp3) is 0.292. The normalized spacial score (nSPS) is 13.7. The number of ether oxygens (including phenoxy) is 2. The first kappa shape index (κ1) is 22.8. The van der Waals surface area contributed by atoms with Gasteiger partial charge in [-0.25, -0.2) is 0 Å². The van der Waals surface area contributed by atoms with Gasteiger partial charge in [0, 0.05) is 35.2 Å². The van der Waals surface area contributed by atoms with E-state index >= 15 is 0 Å². The Labute approximate surface area is 196 Å². The Balaban J connectivity index is 1.39. The van der Waals surface area contributed by atoms with Gasteiger partial charge in [0.2, 0.25) is 5.91 Å². The highest BCUT2D eigenvalue weighted by Crippen LogP contribution is 2.23. The largest absolute Gasteiger partial charge is 0.492 e. The van der Waals surface area contributed by atoms with E-state index in [0.717, 1.165) is 0 Å². The Morgan fingerprint density at radius 1 is 1.03 bits per heavy atom. The molecule has 0 bridgehead atoms. The van der Waals surface area contributed by atoms with Crippen LogP contribution in [0.3, 0.4) is 0 Å². The number of amides is 2. The van der Waals surface area contributed by atoms with Gasteiger partial charge in [-0.2, -0.15) is 0 Å². The smallest absolute Gasteiger partial charge is 0.295 e. The lowest BCUT2D eigenvalue weighted by molar-refractivity contribution is -0.130. The lowest BCUT2D eigenvalue weighted by atomic mass is 10.1. The van der Waals surface area contributed by atoms with Crippen LogP contribution < -0.4 is 10.1 Å². The van der Waals surface area contributed by atoms with Crippen LogP contribution >= 0.6 is 11.6 Å². The molecule has 2 amide bonds. The molecule has 1 aliphatic rings. The molecular weight excluding hydrogens is 446 g/mol. The molecule has 1 saturated heterocycles. The zero-order valence-corrected chi connectivity index (χ0v) is 18.7. The highest BCUT2D eigenvalue weighted by atomic mass is 35.5. The van der Waals surface area contributed by atoms with Crippen molar-refractivity contribution >= 4 is 40.1 Å². The van der Waals surface area contributed by atoms with Crippen molar-refractivity contribution in [3.05, 3.63) is 65.3 Å². The van der Waals surface area contributed by atoms with Crippen LogP contribution in [0, 0.1) is 0 Å². The number of rotatable bonds is 8. The molecule has 0 radical (unpaired) electrons. The highest BCUT2D eigenvalue weighted by Gasteiger charge is 2.27. The van der Waals surface area contributed by atoms with Gasteiger partial charge in [0.1, 0.15) is 18.9 Å². The molecule has 172 valence electrons. The molecule has 8 nitrogen and oxygen atoms in total. The lowest BCUT2D eigenvalue weighted by Gasteiger charge is -2.25. The van der Waals surface area contributed by atoms with Gasteiger partial charge in [-0.3, -0.25) is 14.4 Å². The van der Waals surface area contributed by atoms with Crippen LogP contribution in [0.15, 0.2) is 54.7 Å². The van der Waals surface area contributed by atoms with Gasteiger partial charge in [0.05, 0.1) is 25.3 Å². The first-order chi connectivity index (χ1) is 16.0. The van der Waals surface area contributed by atoms with Gasteiger partial charge >= 0.3 is 0 Å². The number of nitrogens with one attached hydrogen (secondary N) is 1. The summed E-state index contributed by atoms with van der Waals surface area (Å²) in [5, 5.41) is 4.07. The number of para-hydroxylation sites is 1. The molecule has 0 aliphatic carbocycles. The average Bonchev–Trinajstić information content (AvgIpc) is 3.21. The van der Waals surface area contributed by atoms with Crippen molar-refractivity contribution in [3.8, 4) is 5.75 Å². The predicted molar refractivity (Wildman–Crippen MR) is 124 cm³/mol. The standard InChI is InChI=1S/C24H24ClN3O5/c25-17-5-7-18(8-6-17)33-12-9-26-22(29)16-28-15-20(19-3-1-2-4-21(19)28)23(30)24(31)27-10-13-32-14-11-27/h1-8,15H,9-14,16H2,(H,26,29).